The van der Waals surface area contributed by atoms with Gasteiger partial charge in [-0.1, -0.05) is 124 Å². The van der Waals surface area contributed by atoms with Gasteiger partial charge in [0.2, 0.25) is 0 Å². The van der Waals surface area contributed by atoms with Crippen molar-refractivity contribution in [1.29, 1.82) is 0 Å². The van der Waals surface area contributed by atoms with E-state index in [-0.39, 0.29) is 5.41 Å². The number of benzene rings is 5. The van der Waals surface area contributed by atoms with Crippen molar-refractivity contribution in [2.24, 2.45) is 4.99 Å². The predicted octanol–water partition coefficient (Wildman–Crippen LogP) is 11.3. The van der Waals surface area contributed by atoms with Gasteiger partial charge in [-0.3, -0.25) is 9.88 Å². The van der Waals surface area contributed by atoms with Gasteiger partial charge in [0.15, 0.2) is 0 Å². The minimum absolute atomic E-state index is 0.305. The van der Waals surface area contributed by atoms with Crippen LogP contribution < -0.4 is 4.90 Å². The Balaban J connectivity index is 1.10. The van der Waals surface area contributed by atoms with Gasteiger partial charge >= 0.3 is 0 Å². The minimum atomic E-state index is -0.305. The quantitative estimate of drug-likeness (QED) is 0.138. The van der Waals surface area contributed by atoms with E-state index in [1.54, 1.807) is 0 Å². The average molecular weight is 619 g/mol. The van der Waals surface area contributed by atoms with Gasteiger partial charge < -0.3 is 0 Å². The highest BCUT2D eigenvalue weighted by molar-refractivity contribution is 6.03. The van der Waals surface area contributed by atoms with Gasteiger partial charge in [-0.25, -0.2) is 9.98 Å². The third-order valence-electron chi connectivity index (χ3n) is 9.57. The molecule has 4 heteroatoms. The summed E-state index contributed by atoms with van der Waals surface area (Å²) in [5, 5.41) is 2.19. The Hall–Kier alpha value is -6.13. The van der Waals surface area contributed by atoms with Crippen molar-refractivity contribution in [3.8, 4) is 33.5 Å². The molecule has 0 radical (unpaired) electrons. The number of anilines is 2. The number of hydrogen-bond donors (Lipinski definition) is 0. The number of aliphatic imine (C=N–C) groups is 1. The van der Waals surface area contributed by atoms with E-state index in [1.165, 1.54) is 22.3 Å². The highest BCUT2D eigenvalue weighted by atomic mass is 15.2. The fourth-order valence-corrected chi connectivity index (χ4v) is 6.98. The molecule has 0 N–H and O–H groups in total. The molecule has 1 aliphatic rings. The Bertz CT molecular complexity index is 2390. The normalized spacial score (nSPS) is 13.8. The molecule has 0 atom stereocenters. The van der Waals surface area contributed by atoms with Gasteiger partial charge in [0, 0.05) is 39.2 Å². The van der Waals surface area contributed by atoms with E-state index >= 15 is 0 Å². The summed E-state index contributed by atoms with van der Waals surface area (Å²) in [5.41, 5.74) is 12.6. The molecule has 0 bridgehead atoms. The molecule has 0 spiro atoms. The molecule has 0 aliphatic carbocycles. The lowest BCUT2D eigenvalue weighted by atomic mass is 9.73. The first kappa shape index (κ1) is 29.3. The van der Waals surface area contributed by atoms with Crippen LogP contribution in [0.15, 0.2) is 169 Å². The van der Waals surface area contributed by atoms with Gasteiger partial charge in [-0.15, -0.1) is 0 Å². The lowest BCUT2D eigenvalue weighted by Gasteiger charge is -2.41. The number of allylic oxidation sites excluding steroid dienone is 2. The molecule has 4 nitrogen and oxygen atoms in total. The fourth-order valence-electron chi connectivity index (χ4n) is 6.98. The minimum Gasteiger partial charge on any atom is -0.295 e. The zero-order valence-corrected chi connectivity index (χ0v) is 27.1. The number of rotatable bonds is 6. The van der Waals surface area contributed by atoms with Gasteiger partial charge in [-0.2, -0.15) is 0 Å². The summed E-state index contributed by atoms with van der Waals surface area (Å²) in [7, 11) is 0. The van der Waals surface area contributed by atoms with Gasteiger partial charge in [0.1, 0.15) is 5.82 Å². The van der Waals surface area contributed by atoms with Crippen molar-refractivity contribution in [1.82, 2.24) is 9.97 Å². The molecule has 7 aromatic rings. The molecule has 5 aromatic carbocycles. The van der Waals surface area contributed by atoms with E-state index in [9.17, 15) is 0 Å². The lowest BCUT2D eigenvalue weighted by Crippen LogP contribution is -2.33. The van der Waals surface area contributed by atoms with E-state index in [0.29, 0.717) is 0 Å². The number of fused-ring (bicyclic) bond motifs is 4. The second kappa shape index (κ2) is 11.6. The van der Waals surface area contributed by atoms with Crippen LogP contribution in [0.4, 0.5) is 11.4 Å². The molecule has 0 amide bonds. The van der Waals surface area contributed by atoms with E-state index < -0.39 is 0 Å². The van der Waals surface area contributed by atoms with Crippen LogP contribution in [0.2, 0.25) is 0 Å². The van der Waals surface area contributed by atoms with Crippen molar-refractivity contribution in [2.45, 2.75) is 19.3 Å². The molecule has 48 heavy (non-hydrogen) atoms. The van der Waals surface area contributed by atoms with Crippen LogP contribution in [0.5, 0.6) is 0 Å². The maximum absolute atomic E-state index is 5.02. The molecule has 0 saturated carbocycles. The standard InChI is InChI=1S/C44H34N4/c1-5-37-43(45-4)48(36-11-7-6-8-12-36)40-26-24-35(28-38(40)44(37,2)3)31-15-13-29(14-16-31)30-17-19-32(20-18-30)39-25-23-34-22-21-33-10-9-27-46-41(33)42(34)47-39/h5-28H,1,4H2,2-3H3. The first-order chi connectivity index (χ1) is 23.5. The smallest absolute Gasteiger partial charge is 0.140 e. The van der Waals surface area contributed by atoms with Crippen molar-refractivity contribution >= 4 is 39.9 Å². The number of para-hydroxylation sites is 1. The zero-order chi connectivity index (χ0) is 32.8. The maximum Gasteiger partial charge on any atom is 0.140 e. The third-order valence-corrected chi connectivity index (χ3v) is 9.57. The van der Waals surface area contributed by atoms with E-state index in [1.807, 2.05) is 36.5 Å². The third kappa shape index (κ3) is 4.81. The summed E-state index contributed by atoms with van der Waals surface area (Å²) >= 11 is 0. The maximum atomic E-state index is 5.02. The molecule has 0 saturated heterocycles. The summed E-state index contributed by atoms with van der Waals surface area (Å²) in [4.78, 5) is 16.3. The highest BCUT2D eigenvalue weighted by Crippen LogP contribution is 2.49. The second-order valence-corrected chi connectivity index (χ2v) is 12.7. The van der Waals surface area contributed by atoms with Gasteiger partial charge in [-0.05, 0) is 70.9 Å². The zero-order valence-electron chi connectivity index (χ0n) is 27.1. The highest BCUT2D eigenvalue weighted by Gasteiger charge is 2.38. The van der Waals surface area contributed by atoms with Crippen molar-refractivity contribution < 1.29 is 0 Å². The summed E-state index contributed by atoms with van der Waals surface area (Å²) in [6.07, 6.45) is 3.75. The van der Waals surface area contributed by atoms with Crippen LogP contribution >= 0.6 is 0 Å². The van der Waals surface area contributed by atoms with Crippen molar-refractivity contribution in [3.63, 3.8) is 0 Å². The lowest BCUT2D eigenvalue weighted by molar-refractivity contribution is 0.616. The second-order valence-electron chi connectivity index (χ2n) is 12.7. The SMILES string of the molecule is C=CC1=C(N=C)N(c2ccccc2)c2ccc(-c3ccc(-c4ccc(-c5ccc6ccc7cccnc7c6n5)cc4)cc3)cc2C1(C)C. The molecule has 230 valence electrons. The molecule has 2 aromatic heterocycles. The monoisotopic (exact) mass is 618 g/mol. The number of nitrogens with zero attached hydrogens (tertiary/aromatic N) is 4. The van der Waals surface area contributed by atoms with E-state index in [2.05, 4.69) is 151 Å². The van der Waals surface area contributed by atoms with Crippen LogP contribution in [-0.4, -0.2) is 16.7 Å². The van der Waals surface area contributed by atoms with Crippen LogP contribution in [0, 0.1) is 0 Å². The number of aromatic nitrogens is 2. The molecule has 0 unspecified atom stereocenters. The van der Waals surface area contributed by atoms with E-state index in [0.717, 1.165) is 61.4 Å². The van der Waals surface area contributed by atoms with Crippen molar-refractivity contribution in [2.75, 3.05) is 4.90 Å². The molecular weight excluding hydrogens is 585 g/mol. The predicted molar refractivity (Wildman–Crippen MR) is 202 cm³/mol. The molecular formula is C44H34N4. The summed E-state index contributed by atoms with van der Waals surface area (Å²) in [5.74, 6) is 0.818. The van der Waals surface area contributed by atoms with Crippen molar-refractivity contribution in [3.05, 3.63) is 169 Å². The first-order valence-electron chi connectivity index (χ1n) is 16.2. The Morgan fingerprint density at radius 3 is 1.92 bits per heavy atom. The van der Waals surface area contributed by atoms with Crippen LogP contribution in [0.1, 0.15) is 19.4 Å². The van der Waals surface area contributed by atoms with Crippen LogP contribution in [0.3, 0.4) is 0 Å². The summed E-state index contributed by atoms with van der Waals surface area (Å²) in [6, 6.07) is 47.0. The summed E-state index contributed by atoms with van der Waals surface area (Å²) < 4.78 is 0. The molecule has 8 rings (SSSR count). The van der Waals surface area contributed by atoms with Crippen LogP contribution in [0.25, 0.3) is 55.3 Å². The first-order valence-corrected chi connectivity index (χ1v) is 16.2. The largest absolute Gasteiger partial charge is 0.295 e. The Morgan fingerprint density at radius 1 is 0.646 bits per heavy atom. The van der Waals surface area contributed by atoms with E-state index in [4.69, 9.17) is 4.98 Å². The Morgan fingerprint density at radius 2 is 1.25 bits per heavy atom. The van der Waals surface area contributed by atoms with Gasteiger partial charge in [0.25, 0.3) is 0 Å². The number of hydrogen-bond acceptors (Lipinski definition) is 4. The molecule has 1 aliphatic heterocycles. The fraction of sp³-hybridized carbons (Fsp3) is 0.0682. The Kier molecular flexibility index (Phi) is 7.07. The van der Waals surface area contributed by atoms with Crippen LogP contribution in [-0.2, 0) is 5.41 Å². The topological polar surface area (TPSA) is 41.4 Å². The average Bonchev–Trinajstić information content (AvgIpc) is 3.14. The molecule has 3 heterocycles. The van der Waals surface area contributed by atoms with Gasteiger partial charge in [0.05, 0.1) is 22.4 Å². The summed E-state index contributed by atoms with van der Waals surface area (Å²) in [6.45, 7) is 12.6. The number of pyridine rings is 2. The molecule has 0 fully saturated rings. The Labute approximate surface area is 281 Å².